The molecule has 0 saturated heterocycles. The van der Waals surface area contributed by atoms with Crippen molar-refractivity contribution in [1.29, 1.82) is 0 Å². The van der Waals surface area contributed by atoms with Gasteiger partial charge in [-0.05, 0) is 17.5 Å². The predicted octanol–water partition coefficient (Wildman–Crippen LogP) is 2.92. The Morgan fingerprint density at radius 3 is 2.56 bits per heavy atom. The first-order chi connectivity index (χ1) is 7.56. The van der Waals surface area contributed by atoms with E-state index in [1.165, 1.54) is 7.05 Å². The van der Waals surface area contributed by atoms with Crippen LogP contribution in [0, 0.1) is 4.91 Å². The first-order valence-electron chi connectivity index (χ1n) is 4.94. The van der Waals surface area contributed by atoms with E-state index in [0.29, 0.717) is 10.8 Å². The minimum atomic E-state index is -0.789. The van der Waals surface area contributed by atoms with E-state index in [0.717, 1.165) is 5.56 Å². The second kappa shape index (κ2) is 5.25. The Labute approximate surface area is 94.0 Å². The predicted molar refractivity (Wildman–Crippen MR) is 60.1 cm³/mol. The maximum absolute atomic E-state index is 11.3. The van der Waals surface area contributed by atoms with Gasteiger partial charge < -0.3 is 4.74 Å². The van der Waals surface area contributed by atoms with E-state index in [4.69, 9.17) is 4.74 Å². The van der Waals surface area contributed by atoms with Gasteiger partial charge in [0.25, 0.3) is 0 Å². The van der Waals surface area contributed by atoms with Crippen molar-refractivity contribution >= 4 is 6.09 Å². The Morgan fingerprint density at radius 1 is 1.38 bits per heavy atom. The van der Waals surface area contributed by atoms with Crippen LogP contribution in [0.3, 0.4) is 0 Å². The van der Waals surface area contributed by atoms with Crippen molar-refractivity contribution in [1.82, 2.24) is 5.01 Å². The second-order valence-corrected chi connectivity index (χ2v) is 3.67. The lowest BCUT2D eigenvalue weighted by atomic mass is 10.0. The second-order valence-electron chi connectivity index (χ2n) is 3.67. The Hall–Kier alpha value is -1.91. The van der Waals surface area contributed by atoms with E-state index in [2.05, 4.69) is 5.29 Å². The zero-order chi connectivity index (χ0) is 12.1. The Kier molecular flexibility index (Phi) is 3.99. The van der Waals surface area contributed by atoms with E-state index in [1.54, 1.807) is 12.1 Å². The lowest BCUT2D eigenvalue weighted by Crippen LogP contribution is -2.24. The summed E-state index contributed by atoms with van der Waals surface area (Å²) in [4.78, 5) is 21.5. The van der Waals surface area contributed by atoms with Crippen LogP contribution in [0.4, 0.5) is 4.79 Å². The summed E-state index contributed by atoms with van der Waals surface area (Å²) in [7, 11) is 1.24. The standard InChI is InChI=1S/C11H14N2O3/c1-8(2)9-6-4-5-7-10(9)16-11(14)13(3)12-15/h4-8H,1-3H3. The lowest BCUT2D eigenvalue weighted by molar-refractivity contribution is 0.163. The monoisotopic (exact) mass is 222 g/mol. The molecular formula is C11H14N2O3. The van der Waals surface area contributed by atoms with Crippen molar-refractivity contribution in [3.05, 3.63) is 34.7 Å². The number of amides is 1. The topological polar surface area (TPSA) is 59.0 Å². The average Bonchev–Trinajstić information content (AvgIpc) is 2.28. The number of para-hydroxylation sites is 1. The number of nitroso groups, excluding NO2 is 1. The van der Waals surface area contributed by atoms with Gasteiger partial charge >= 0.3 is 6.09 Å². The van der Waals surface area contributed by atoms with Gasteiger partial charge in [-0.25, -0.2) is 4.79 Å². The summed E-state index contributed by atoms with van der Waals surface area (Å²) in [6.07, 6.45) is -0.789. The molecule has 0 N–H and O–H groups in total. The van der Waals surface area contributed by atoms with E-state index < -0.39 is 6.09 Å². The molecular weight excluding hydrogens is 208 g/mol. The molecule has 1 amide bonds. The van der Waals surface area contributed by atoms with Crippen LogP contribution >= 0.6 is 0 Å². The van der Waals surface area contributed by atoms with Gasteiger partial charge in [0.2, 0.25) is 0 Å². The molecule has 5 nitrogen and oxygen atoms in total. The molecule has 0 fully saturated rings. The van der Waals surface area contributed by atoms with Crippen molar-refractivity contribution in [3.63, 3.8) is 0 Å². The molecule has 1 rings (SSSR count). The molecule has 0 atom stereocenters. The molecule has 0 aliphatic heterocycles. The molecule has 0 aromatic heterocycles. The Morgan fingerprint density at radius 2 is 2.00 bits per heavy atom. The van der Waals surface area contributed by atoms with Gasteiger partial charge in [-0.2, -0.15) is 5.01 Å². The van der Waals surface area contributed by atoms with Crippen molar-refractivity contribution in [2.24, 2.45) is 5.29 Å². The molecule has 1 aromatic carbocycles. The number of benzene rings is 1. The van der Waals surface area contributed by atoms with Crippen LogP contribution in [0.1, 0.15) is 25.3 Å². The maximum Gasteiger partial charge on any atom is 0.438 e. The zero-order valence-electron chi connectivity index (χ0n) is 9.51. The van der Waals surface area contributed by atoms with Crippen LogP contribution < -0.4 is 4.74 Å². The summed E-state index contributed by atoms with van der Waals surface area (Å²) in [6, 6.07) is 7.20. The van der Waals surface area contributed by atoms with Crippen molar-refractivity contribution in [3.8, 4) is 5.75 Å². The van der Waals surface area contributed by atoms with E-state index in [-0.39, 0.29) is 5.92 Å². The number of nitrogens with zero attached hydrogens (tertiary/aromatic N) is 2. The fourth-order valence-corrected chi connectivity index (χ4v) is 1.24. The molecule has 0 aliphatic rings. The van der Waals surface area contributed by atoms with Crippen molar-refractivity contribution < 1.29 is 9.53 Å². The highest BCUT2D eigenvalue weighted by Gasteiger charge is 2.14. The van der Waals surface area contributed by atoms with Crippen LogP contribution in [-0.4, -0.2) is 18.1 Å². The molecule has 0 spiro atoms. The van der Waals surface area contributed by atoms with Crippen LogP contribution in [0.5, 0.6) is 5.75 Å². The SMILES string of the molecule is CC(C)c1ccccc1OC(=O)N(C)N=O. The molecule has 16 heavy (non-hydrogen) atoms. The van der Waals surface area contributed by atoms with E-state index in [9.17, 15) is 9.70 Å². The maximum atomic E-state index is 11.3. The highest BCUT2D eigenvalue weighted by Crippen LogP contribution is 2.26. The fraction of sp³-hybridized carbons (Fsp3) is 0.364. The minimum absolute atomic E-state index is 0.235. The number of hydrogen-bond donors (Lipinski definition) is 0. The third-order valence-electron chi connectivity index (χ3n) is 2.12. The number of rotatable bonds is 3. The third-order valence-corrected chi connectivity index (χ3v) is 2.12. The summed E-state index contributed by atoms with van der Waals surface area (Å²) < 4.78 is 5.05. The minimum Gasteiger partial charge on any atom is -0.409 e. The van der Waals surface area contributed by atoms with Crippen LogP contribution in [-0.2, 0) is 0 Å². The van der Waals surface area contributed by atoms with Gasteiger partial charge in [-0.3, -0.25) is 0 Å². The molecule has 0 radical (unpaired) electrons. The summed E-state index contributed by atoms with van der Waals surface area (Å²) in [5, 5.41) is 3.08. The Bertz CT molecular complexity index is 391. The summed E-state index contributed by atoms with van der Waals surface area (Å²) in [5.41, 5.74) is 0.912. The highest BCUT2D eigenvalue weighted by atomic mass is 16.6. The summed E-state index contributed by atoms with van der Waals surface area (Å²) >= 11 is 0. The van der Waals surface area contributed by atoms with Gasteiger partial charge in [0, 0.05) is 7.05 Å². The molecule has 86 valence electrons. The Balaban J connectivity index is 2.88. The van der Waals surface area contributed by atoms with Gasteiger partial charge in [-0.1, -0.05) is 32.0 Å². The lowest BCUT2D eigenvalue weighted by Gasteiger charge is -2.13. The largest absolute Gasteiger partial charge is 0.438 e. The molecule has 0 aliphatic carbocycles. The van der Waals surface area contributed by atoms with Gasteiger partial charge in [0.15, 0.2) is 0 Å². The van der Waals surface area contributed by atoms with E-state index >= 15 is 0 Å². The summed E-state index contributed by atoms with van der Waals surface area (Å²) in [6.45, 7) is 3.99. The van der Waals surface area contributed by atoms with Gasteiger partial charge in [-0.15, -0.1) is 4.91 Å². The molecule has 1 aromatic rings. The van der Waals surface area contributed by atoms with Gasteiger partial charge in [0.1, 0.15) is 5.75 Å². The molecule has 0 saturated carbocycles. The first kappa shape index (κ1) is 12.2. The average molecular weight is 222 g/mol. The summed E-state index contributed by atoms with van der Waals surface area (Å²) in [5.74, 6) is 0.691. The normalized spacial score (nSPS) is 10.0. The zero-order valence-corrected chi connectivity index (χ0v) is 9.51. The fourth-order valence-electron chi connectivity index (χ4n) is 1.24. The highest BCUT2D eigenvalue weighted by molar-refractivity contribution is 5.70. The third kappa shape index (κ3) is 2.79. The van der Waals surface area contributed by atoms with Crippen LogP contribution in [0.2, 0.25) is 0 Å². The van der Waals surface area contributed by atoms with Crippen molar-refractivity contribution in [2.75, 3.05) is 7.05 Å². The van der Waals surface area contributed by atoms with Crippen LogP contribution in [0.15, 0.2) is 29.6 Å². The molecule has 0 heterocycles. The number of carbonyl (C=O) groups is 1. The molecule has 0 bridgehead atoms. The van der Waals surface area contributed by atoms with E-state index in [1.807, 2.05) is 26.0 Å². The number of hydrogen-bond acceptors (Lipinski definition) is 4. The number of ether oxygens (including phenoxy) is 1. The quantitative estimate of drug-likeness (QED) is 0.583. The van der Waals surface area contributed by atoms with Crippen LogP contribution in [0.25, 0.3) is 0 Å². The molecule has 5 heteroatoms. The van der Waals surface area contributed by atoms with Crippen molar-refractivity contribution in [2.45, 2.75) is 19.8 Å². The smallest absolute Gasteiger partial charge is 0.409 e. The van der Waals surface area contributed by atoms with Gasteiger partial charge in [0.05, 0.1) is 5.29 Å². The molecule has 0 unspecified atom stereocenters. The first-order valence-corrected chi connectivity index (χ1v) is 4.94. The number of carbonyl (C=O) groups excluding carboxylic acids is 1.